The zero-order valence-corrected chi connectivity index (χ0v) is 12.9. The van der Waals surface area contributed by atoms with Gasteiger partial charge < -0.3 is 0 Å². The third kappa shape index (κ3) is 3.26. The molecule has 3 nitrogen and oxygen atoms in total. The van der Waals surface area contributed by atoms with Gasteiger partial charge in [0.1, 0.15) is 0 Å². The van der Waals surface area contributed by atoms with E-state index in [0.717, 1.165) is 0 Å². The van der Waals surface area contributed by atoms with Gasteiger partial charge in [-0.3, -0.25) is 4.55 Å². The van der Waals surface area contributed by atoms with Gasteiger partial charge in [-0.15, -0.1) is 0 Å². The van der Waals surface area contributed by atoms with Crippen molar-refractivity contribution in [2.45, 2.75) is 47.0 Å². The summed E-state index contributed by atoms with van der Waals surface area (Å²) in [6.45, 7) is 0. The van der Waals surface area contributed by atoms with Crippen LogP contribution in [0.25, 0.3) is 0 Å². The van der Waals surface area contributed by atoms with Gasteiger partial charge in [-0.2, -0.15) is 74.3 Å². The van der Waals surface area contributed by atoms with Crippen molar-refractivity contribution in [1.82, 2.24) is 0 Å². The summed E-state index contributed by atoms with van der Waals surface area (Å²) >= 11 is 0. The van der Waals surface area contributed by atoms with Crippen molar-refractivity contribution < 1.29 is 87.6 Å². The van der Waals surface area contributed by atoms with E-state index in [4.69, 9.17) is 4.55 Å². The Morgan fingerprint density at radius 2 is 0.724 bits per heavy atom. The molecule has 0 aromatic carbocycles. The molecule has 0 saturated carbocycles. The highest BCUT2D eigenvalue weighted by molar-refractivity contribution is 7.87. The fraction of sp³-hybridized carbons (Fsp3) is 1.00. The van der Waals surface area contributed by atoms with Crippen molar-refractivity contribution in [3.8, 4) is 0 Å². The minimum absolute atomic E-state index is 7.84. The molecule has 0 aliphatic carbocycles. The van der Waals surface area contributed by atoms with Crippen LogP contribution in [-0.4, -0.2) is 59.9 Å². The molecule has 0 amide bonds. The second-order valence-electron chi connectivity index (χ2n) is 4.95. The van der Waals surface area contributed by atoms with Crippen LogP contribution >= 0.6 is 0 Å². The standard InChI is InChI=1S/C8HF17O3S/c9-1(6(17,18)19,7(20,21)22)2(10,11)3(12,13)4(14,15)5(16,8(23,24)25)29(26,27)28/h(H,26,27,28). The highest BCUT2D eigenvalue weighted by Gasteiger charge is 2.98. The van der Waals surface area contributed by atoms with E-state index in [1.165, 1.54) is 0 Å². The van der Waals surface area contributed by atoms with Crippen molar-refractivity contribution in [3.63, 3.8) is 0 Å². The second-order valence-corrected chi connectivity index (χ2v) is 6.46. The number of halogens is 17. The van der Waals surface area contributed by atoms with Gasteiger partial charge in [-0.1, -0.05) is 0 Å². The average Bonchev–Trinajstić information content (AvgIpc) is 2.39. The molecule has 176 valence electrons. The van der Waals surface area contributed by atoms with Crippen LogP contribution in [0.5, 0.6) is 0 Å². The molecule has 29 heavy (non-hydrogen) atoms. The Labute approximate surface area is 146 Å². The Kier molecular flexibility index (Phi) is 6.08. The van der Waals surface area contributed by atoms with Crippen LogP contribution in [0.4, 0.5) is 74.6 Å². The first-order valence-electron chi connectivity index (χ1n) is 5.68. The predicted octanol–water partition coefficient (Wildman–Crippen LogP) is 4.84. The van der Waals surface area contributed by atoms with E-state index < -0.39 is 57.1 Å². The Balaban J connectivity index is 7.36. The predicted molar refractivity (Wildman–Crippen MR) is 52.2 cm³/mol. The number of rotatable bonds is 5. The van der Waals surface area contributed by atoms with E-state index in [9.17, 15) is 83.1 Å². The molecule has 0 aromatic heterocycles. The summed E-state index contributed by atoms with van der Waals surface area (Å²) in [6.07, 6.45) is -24.6. The summed E-state index contributed by atoms with van der Waals surface area (Å²) in [7, 11) is -8.38. The molecule has 0 aromatic rings. The zero-order valence-electron chi connectivity index (χ0n) is 12.1. The van der Waals surface area contributed by atoms with Crippen LogP contribution in [0.15, 0.2) is 0 Å². The minimum Gasteiger partial charge on any atom is -0.283 e. The Bertz CT molecular complexity index is 713. The SMILES string of the molecule is O=S(=O)(O)C(F)(C(F)(F)F)C(F)(F)C(F)(F)C(F)(F)C(F)(C(F)(F)F)C(F)(F)F. The molecule has 0 bridgehead atoms. The van der Waals surface area contributed by atoms with Crippen molar-refractivity contribution in [2.24, 2.45) is 0 Å². The quantitative estimate of drug-likeness (QED) is 0.435. The van der Waals surface area contributed by atoms with Crippen molar-refractivity contribution in [2.75, 3.05) is 0 Å². The largest absolute Gasteiger partial charge is 0.446 e. The summed E-state index contributed by atoms with van der Waals surface area (Å²) in [6, 6.07) is 0. The Hall–Kier alpha value is -1.28. The van der Waals surface area contributed by atoms with Crippen LogP contribution in [0.2, 0.25) is 0 Å². The van der Waals surface area contributed by atoms with Gasteiger partial charge in [-0.05, 0) is 0 Å². The van der Waals surface area contributed by atoms with Gasteiger partial charge in [0, 0.05) is 0 Å². The first-order valence-corrected chi connectivity index (χ1v) is 7.12. The molecular weight excluding hydrogens is 499 g/mol. The average molecular weight is 500 g/mol. The molecule has 0 saturated heterocycles. The minimum atomic E-state index is -9.03. The molecule has 0 spiro atoms. The van der Waals surface area contributed by atoms with Crippen LogP contribution in [0.1, 0.15) is 0 Å². The van der Waals surface area contributed by atoms with E-state index in [-0.39, 0.29) is 0 Å². The van der Waals surface area contributed by atoms with Gasteiger partial charge in [0.25, 0.3) is 0 Å². The molecule has 0 aliphatic rings. The Morgan fingerprint density at radius 1 is 0.448 bits per heavy atom. The van der Waals surface area contributed by atoms with Crippen LogP contribution in [0.3, 0.4) is 0 Å². The molecule has 0 rings (SSSR count). The summed E-state index contributed by atoms with van der Waals surface area (Å²) < 4.78 is 244. The topological polar surface area (TPSA) is 54.4 Å². The first-order chi connectivity index (χ1) is 12.0. The molecule has 0 radical (unpaired) electrons. The fourth-order valence-electron chi connectivity index (χ4n) is 1.62. The molecule has 1 unspecified atom stereocenters. The molecule has 1 atom stereocenters. The third-order valence-corrected chi connectivity index (χ3v) is 4.33. The van der Waals surface area contributed by atoms with Gasteiger partial charge in [0.2, 0.25) is 0 Å². The maximum atomic E-state index is 13.4. The lowest BCUT2D eigenvalue weighted by atomic mass is 9.86. The van der Waals surface area contributed by atoms with Crippen LogP contribution < -0.4 is 0 Å². The molecule has 0 heterocycles. The van der Waals surface area contributed by atoms with Crippen LogP contribution in [0, 0.1) is 0 Å². The van der Waals surface area contributed by atoms with Crippen LogP contribution in [-0.2, 0) is 10.1 Å². The van der Waals surface area contributed by atoms with E-state index in [1.54, 1.807) is 0 Å². The van der Waals surface area contributed by atoms with Gasteiger partial charge in [-0.25, -0.2) is 8.78 Å². The summed E-state index contributed by atoms with van der Waals surface area (Å²) in [4.78, 5) is 0. The lowest BCUT2D eigenvalue weighted by molar-refractivity contribution is -0.455. The van der Waals surface area contributed by atoms with E-state index in [2.05, 4.69) is 0 Å². The highest BCUT2D eigenvalue weighted by atomic mass is 32.2. The highest BCUT2D eigenvalue weighted by Crippen LogP contribution is 2.65. The van der Waals surface area contributed by atoms with E-state index in [0.29, 0.717) is 0 Å². The summed E-state index contributed by atoms with van der Waals surface area (Å²) in [5, 5.41) is -8.31. The van der Waals surface area contributed by atoms with E-state index in [1.807, 2.05) is 0 Å². The lowest BCUT2D eigenvalue weighted by Gasteiger charge is -2.44. The Morgan fingerprint density at radius 3 is 0.897 bits per heavy atom. The van der Waals surface area contributed by atoms with Gasteiger partial charge in [0.15, 0.2) is 0 Å². The first kappa shape index (κ1) is 27.7. The lowest BCUT2D eigenvalue weighted by Crippen LogP contribution is -2.78. The molecule has 1 N–H and O–H groups in total. The maximum absolute atomic E-state index is 13.4. The fourth-order valence-corrected chi connectivity index (χ4v) is 2.36. The molecular formula is C8HF17O3S. The molecule has 0 fully saturated rings. The number of hydrogen-bond acceptors (Lipinski definition) is 2. The van der Waals surface area contributed by atoms with Crippen molar-refractivity contribution in [1.29, 1.82) is 0 Å². The second kappa shape index (κ2) is 6.36. The monoisotopic (exact) mass is 500 g/mol. The van der Waals surface area contributed by atoms with Gasteiger partial charge in [0.05, 0.1) is 0 Å². The van der Waals surface area contributed by atoms with Gasteiger partial charge >= 0.3 is 57.1 Å². The maximum Gasteiger partial charge on any atom is 0.446 e. The number of alkyl halides is 17. The smallest absolute Gasteiger partial charge is 0.283 e. The summed E-state index contributed by atoms with van der Waals surface area (Å²) in [5.41, 5.74) is -8.74. The summed E-state index contributed by atoms with van der Waals surface area (Å²) in [5.74, 6) is -26.9. The third-order valence-electron chi connectivity index (χ3n) is 3.13. The molecule has 0 aliphatic heterocycles. The van der Waals surface area contributed by atoms with Crippen molar-refractivity contribution in [3.05, 3.63) is 0 Å². The number of hydrogen-bond donors (Lipinski definition) is 1. The normalized spacial score (nSPS) is 18.6. The zero-order chi connectivity index (χ0) is 24.5. The van der Waals surface area contributed by atoms with E-state index >= 15 is 0 Å². The molecule has 21 heteroatoms. The van der Waals surface area contributed by atoms with Crippen molar-refractivity contribution >= 4 is 10.1 Å².